The lowest BCUT2D eigenvalue weighted by molar-refractivity contribution is 0.0295. The maximum Gasteiger partial charge on any atom is 0.278 e. The molecule has 10 heteroatoms. The highest BCUT2D eigenvalue weighted by Gasteiger charge is 2.37. The molecule has 0 radical (unpaired) electrons. The molecule has 10 nitrogen and oxygen atoms in total. The summed E-state index contributed by atoms with van der Waals surface area (Å²) in [7, 11) is 0. The fraction of sp³-hybridized carbons (Fsp3) is 0.263. The van der Waals surface area contributed by atoms with Crippen molar-refractivity contribution in [3.05, 3.63) is 51.8 Å². The summed E-state index contributed by atoms with van der Waals surface area (Å²) in [6.45, 7) is 0.900. The lowest BCUT2D eigenvalue weighted by atomic mass is 10.1. The molecule has 1 atom stereocenters. The Hall–Kier alpha value is -3.82. The summed E-state index contributed by atoms with van der Waals surface area (Å²) in [5, 5.41) is 16.1. The van der Waals surface area contributed by atoms with Gasteiger partial charge in [-0.15, -0.1) is 5.10 Å². The molecule has 4 heterocycles. The van der Waals surface area contributed by atoms with Gasteiger partial charge in [-0.1, -0.05) is 11.3 Å². The first kappa shape index (κ1) is 16.2. The summed E-state index contributed by atoms with van der Waals surface area (Å²) >= 11 is 0. The van der Waals surface area contributed by atoms with Crippen molar-refractivity contribution in [2.45, 2.75) is 25.6 Å². The number of amides is 1. The lowest BCUT2D eigenvalue weighted by Gasteiger charge is -2.31. The van der Waals surface area contributed by atoms with Crippen LogP contribution in [0, 0.1) is 0 Å². The predicted molar refractivity (Wildman–Crippen MR) is 99.4 cm³/mol. The van der Waals surface area contributed by atoms with E-state index in [1.54, 1.807) is 29.2 Å². The molecule has 0 aliphatic carbocycles. The van der Waals surface area contributed by atoms with Gasteiger partial charge in [0, 0.05) is 13.0 Å². The first-order valence-electron chi connectivity index (χ1n) is 9.28. The molecule has 2 aliphatic heterocycles. The number of carbonyl (C=O) groups is 1. The maximum absolute atomic E-state index is 13.0. The van der Waals surface area contributed by atoms with E-state index in [0.717, 1.165) is 18.4 Å². The van der Waals surface area contributed by atoms with Crippen molar-refractivity contribution in [1.82, 2.24) is 30.2 Å². The highest BCUT2D eigenvalue weighted by molar-refractivity contribution is 6.01. The van der Waals surface area contributed by atoms with E-state index in [-0.39, 0.29) is 24.2 Å². The summed E-state index contributed by atoms with van der Waals surface area (Å²) < 4.78 is 11.9. The van der Waals surface area contributed by atoms with Crippen LogP contribution >= 0.6 is 0 Å². The van der Waals surface area contributed by atoms with Crippen LogP contribution in [0.4, 0.5) is 0 Å². The van der Waals surface area contributed by atoms with Crippen LogP contribution in [0.25, 0.3) is 21.9 Å². The van der Waals surface area contributed by atoms with Gasteiger partial charge in [0.05, 0.1) is 17.5 Å². The zero-order chi connectivity index (χ0) is 19.5. The molecule has 2 aromatic carbocycles. The summed E-state index contributed by atoms with van der Waals surface area (Å²) in [6, 6.07) is 8.58. The van der Waals surface area contributed by atoms with E-state index in [4.69, 9.17) is 9.37 Å². The highest BCUT2D eigenvalue weighted by Crippen LogP contribution is 2.34. The van der Waals surface area contributed by atoms with Gasteiger partial charge < -0.3 is 9.64 Å². The van der Waals surface area contributed by atoms with E-state index in [2.05, 4.69) is 20.6 Å². The van der Waals surface area contributed by atoms with Crippen LogP contribution in [0.1, 0.15) is 28.8 Å². The number of hydrogen-bond donors (Lipinski definition) is 0. The number of nitrogens with zero attached hydrogens (tertiary/aromatic N) is 6. The van der Waals surface area contributed by atoms with Crippen LogP contribution in [-0.4, -0.2) is 48.9 Å². The normalized spacial score (nSPS) is 18.1. The molecule has 0 bridgehead atoms. The fourth-order valence-electron chi connectivity index (χ4n) is 3.96. The Kier molecular flexibility index (Phi) is 3.25. The quantitative estimate of drug-likeness (QED) is 0.503. The Bertz CT molecular complexity index is 1360. The summed E-state index contributed by atoms with van der Waals surface area (Å²) in [5.74, 6) is 0.341. The van der Waals surface area contributed by atoms with Crippen molar-refractivity contribution in [3.8, 4) is 5.75 Å². The fourth-order valence-corrected chi connectivity index (χ4v) is 3.96. The third kappa shape index (κ3) is 2.42. The average molecular weight is 390 g/mol. The molecule has 144 valence electrons. The number of carbonyl (C=O) groups excluding carboxylic acids is 1. The van der Waals surface area contributed by atoms with Crippen LogP contribution in [0.2, 0.25) is 0 Å². The first-order valence-corrected chi connectivity index (χ1v) is 9.28. The van der Waals surface area contributed by atoms with Crippen molar-refractivity contribution in [2.24, 2.45) is 0 Å². The summed E-state index contributed by atoms with van der Waals surface area (Å²) in [6.07, 6.45) is 1.44. The largest absolute Gasteiger partial charge is 0.470 e. The van der Waals surface area contributed by atoms with Gasteiger partial charge in [-0.3, -0.25) is 9.59 Å². The molecular formula is C19H14N6O4. The average Bonchev–Trinajstić information content (AvgIpc) is 3.38. The van der Waals surface area contributed by atoms with E-state index in [1.807, 2.05) is 6.07 Å². The van der Waals surface area contributed by atoms with Crippen LogP contribution in [0.3, 0.4) is 0 Å². The molecule has 1 saturated heterocycles. The van der Waals surface area contributed by atoms with Crippen molar-refractivity contribution >= 4 is 27.8 Å². The zero-order valence-corrected chi connectivity index (χ0v) is 15.1. The molecule has 4 aromatic rings. The Labute approximate surface area is 162 Å². The van der Waals surface area contributed by atoms with E-state index in [1.165, 1.54) is 4.68 Å². The van der Waals surface area contributed by atoms with Crippen LogP contribution < -0.4 is 10.3 Å². The second kappa shape index (κ2) is 5.84. The molecule has 0 saturated carbocycles. The number of hydrogen-bond acceptors (Lipinski definition) is 8. The number of ether oxygens (including phenoxy) is 1. The first-order chi connectivity index (χ1) is 14.2. The van der Waals surface area contributed by atoms with Crippen molar-refractivity contribution in [1.29, 1.82) is 0 Å². The molecule has 6 rings (SSSR count). The standard InChI is InChI=1S/C19H14N6O4/c26-18-12-7-14-11(8-16(12)28-17-2-1-5-24(17)18)19(27)25(23-20-14)9-10-3-4-13-15(6-10)22-29-21-13/h3-4,6-8,17H,1-2,5,9H2. The summed E-state index contributed by atoms with van der Waals surface area (Å²) in [4.78, 5) is 27.4. The minimum Gasteiger partial charge on any atom is -0.470 e. The molecule has 29 heavy (non-hydrogen) atoms. The highest BCUT2D eigenvalue weighted by atomic mass is 16.6. The van der Waals surface area contributed by atoms with E-state index in [9.17, 15) is 9.59 Å². The van der Waals surface area contributed by atoms with Crippen molar-refractivity contribution < 1.29 is 14.2 Å². The lowest BCUT2D eigenvalue weighted by Crippen LogP contribution is -2.43. The second-order valence-corrected chi connectivity index (χ2v) is 7.22. The van der Waals surface area contributed by atoms with Gasteiger partial charge in [-0.05, 0) is 46.6 Å². The molecular weight excluding hydrogens is 376 g/mol. The SMILES string of the molecule is O=C1c2cc3nnn(Cc4ccc5nonc5c4)c(=O)c3cc2OC2CCCN12. The Morgan fingerprint density at radius 3 is 2.90 bits per heavy atom. The predicted octanol–water partition coefficient (Wildman–Crippen LogP) is 1.33. The topological polar surface area (TPSA) is 116 Å². The minimum atomic E-state index is -0.305. The molecule has 2 aromatic heterocycles. The van der Waals surface area contributed by atoms with Crippen LogP contribution in [0.5, 0.6) is 5.75 Å². The third-order valence-electron chi connectivity index (χ3n) is 5.43. The smallest absolute Gasteiger partial charge is 0.278 e. The van der Waals surface area contributed by atoms with Gasteiger partial charge in [-0.2, -0.15) is 0 Å². The minimum absolute atomic E-state index is 0.0869. The number of benzene rings is 2. The van der Waals surface area contributed by atoms with Crippen LogP contribution in [-0.2, 0) is 6.54 Å². The van der Waals surface area contributed by atoms with Gasteiger partial charge in [0.15, 0.2) is 6.23 Å². The number of aromatic nitrogens is 5. The van der Waals surface area contributed by atoms with Crippen molar-refractivity contribution in [3.63, 3.8) is 0 Å². The zero-order valence-electron chi connectivity index (χ0n) is 15.1. The van der Waals surface area contributed by atoms with E-state index < -0.39 is 0 Å². The Balaban J connectivity index is 1.42. The van der Waals surface area contributed by atoms with Crippen LogP contribution in [0.15, 0.2) is 39.8 Å². The molecule has 1 fully saturated rings. The summed E-state index contributed by atoms with van der Waals surface area (Å²) in [5.41, 5.74) is 2.55. The second-order valence-electron chi connectivity index (χ2n) is 7.22. The molecule has 2 aliphatic rings. The van der Waals surface area contributed by atoms with Gasteiger partial charge in [0.1, 0.15) is 22.3 Å². The third-order valence-corrected chi connectivity index (χ3v) is 5.43. The monoisotopic (exact) mass is 390 g/mol. The molecule has 0 N–H and O–H groups in total. The Morgan fingerprint density at radius 1 is 1.07 bits per heavy atom. The van der Waals surface area contributed by atoms with E-state index in [0.29, 0.717) is 39.8 Å². The van der Waals surface area contributed by atoms with Gasteiger partial charge >= 0.3 is 0 Å². The Morgan fingerprint density at radius 2 is 1.97 bits per heavy atom. The molecule has 1 unspecified atom stereocenters. The van der Waals surface area contributed by atoms with Gasteiger partial charge in [-0.25, -0.2) is 9.31 Å². The van der Waals surface area contributed by atoms with Gasteiger partial charge in [0.25, 0.3) is 11.5 Å². The molecule has 1 amide bonds. The van der Waals surface area contributed by atoms with Gasteiger partial charge in [0.2, 0.25) is 0 Å². The maximum atomic E-state index is 13.0. The number of rotatable bonds is 2. The molecule has 0 spiro atoms. The van der Waals surface area contributed by atoms with E-state index >= 15 is 0 Å². The van der Waals surface area contributed by atoms with Crippen molar-refractivity contribution in [2.75, 3.05) is 6.54 Å². The number of fused-ring (bicyclic) bond motifs is 4.